The zero-order chi connectivity index (χ0) is 9.52. The number of hydrogen-bond acceptors (Lipinski definition) is 2. The van der Waals surface area contributed by atoms with Gasteiger partial charge in [-0.2, -0.15) is 0 Å². The van der Waals surface area contributed by atoms with E-state index in [1.165, 1.54) is 0 Å². The molecule has 1 aromatic carbocycles. The molecule has 0 atom stereocenters. The van der Waals surface area contributed by atoms with Gasteiger partial charge in [0.05, 0.1) is 12.3 Å². The number of rotatable bonds is 4. The highest BCUT2D eigenvalue weighted by atomic mass is 16.5. The van der Waals surface area contributed by atoms with E-state index in [1.54, 1.807) is 12.1 Å². The lowest BCUT2D eigenvalue weighted by Crippen LogP contribution is -1.94. The standard InChI is InChI=1S/C9H11N3O/c1-2-7-13-9-6-4-3-5-8(9)11-12-10/h3-6H,2,7H2,1H3. The molecular formula is C9H11N3O. The molecule has 0 aliphatic carbocycles. The maximum atomic E-state index is 8.27. The second-order valence-electron chi connectivity index (χ2n) is 2.51. The zero-order valence-electron chi connectivity index (χ0n) is 7.47. The average Bonchev–Trinajstić information content (AvgIpc) is 2.17. The van der Waals surface area contributed by atoms with Crippen molar-refractivity contribution in [3.05, 3.63) is 34.7 Å². The summed E-state index contributed by atoms with van der Waals surface area (Å²) in [4.78, 5) is 2.72. The Morgan fingerprint density at radius 1 is 1.46 bits per heavy atom. The normalized spacial score (nSPS) is 9.00. The maximum absolute atomic E-state index is 8.27. The first kappa shape index (κ1) is 9.42. The number of nitrogens with zero attached hydrogens (tertiary/aromatic N) is 3. The molecule has 68 valence electrons. The van der Waals surface area contributed by atoms with E-state index in [1.807, 2.05) is 19.1 Å². The second-order valence-corrected chi connectivity index (χ2v) is 2.51. The minimum Gasteiger partial charge on any atom is -0.493 e. The van der Waals surface area contributed by atoms with Gasteiger partial charge < -0.3 is 4.74 Å². The first-order valence-electron chi connectivity index (χ1n) is 4.15. The number of benzene rings is 1. The van der Waals surface area contributed by atoms with E-state index in [0.717, 1.165) is 6.42 Å². The van der Waals surface area contributed by atoms with Crippen molar-refractivity contribution in [2.24, 2.45) is 5.11 Å². The summed E-state index contributed by atoms with van der Waals surface area (Å²) in [7, 11) is 0. The molecule has 0 fully saturated rings. The molecule has 0 aromatic heterocycles. The van der Waals surface area contributed by atoms with Crippen molar-refractivity contribution in [3.63, 3.8) is 0 Å². The van der Waals surface area contributed by atoms with E-state index >= 15 is 0 Å². The lowest BCUT2D eigenvalue weighted by molar-refractivity contribution is 0.318. The fourth-order valence-electron chi connectivity index (χ4n) is 0.922. The Morgan fingerprint density at radius 3 is 2.92 bits per heavy atom. The molecule has 0 saturated heterocycles. The minimum absolute atomic E-state index is 0.540. The van der Waals surface area contributed by atoms with Crippen LogP contribution in [0.1, 0.15) is 13.3 Å². The quantitative estimate of drug-likeness (QED) is 0.395. The fraction of sp³-hybridized carbons (Fsp3) is 0.333. The molecule has 0 radical (unpaired) electrons. The molecule has 0 aliphatic rings. The topological polar surface area (TPSA) is 58.0 Å². The summed E-state index contributed by atoms with van der Waals surface area (Å²) >= 11 is 0. The van der Waals surface area contributed by atoms with E-state index in [2.05, 4.69) is 10.0 Å². The van der Waals surface area contributed by atoms with Crippen LogP contribution in [0.5, 0.6) is 5.75 Å². The van der Waals surface area contributed by atoms with E-state index in [0.29, 0.717) is 18.0 Å². The molecule has 0 bridgehead atoms. The van der Waals surface area contributed by atoms with E-state index in [-0.39, 0.29) is 0 Å². The van der Waals surface area contributed by atoms with Crippen molar-refractivity contribution in [1.29, 1.82) is 0 Å². The van der Waals surface area contributed by atoms with Gasteiger partial charge in [-0.3, -0.25) is 0 Å². The molecule has 0 aliphatic heterocycles. The van der Waals surface area contributed by atoms with Gasteiger partial charge in [-0.05, 0) is 24.1 Å². The number of para-hydroxylation sites is 1. The van der Waals surface area contributed by atoms with Crippen molar-refractivity contribution in [1.82, 2.24) is 0 Å². The van der Waals surface area contributed by atoms with Crippen LogP contribution in [0.4, 0.5) is 5.69 Å². The molecule has 0 unspecified atom stereocenters. The van der Waals surface area contributed by atoms with Crippen molar-refractivity contribution in [3.8, 4) is 5.75 Å². The van der Waals surface area contributed by atoms with E-state index < -0.39 is 0 Å². The van der Waals surface area contributed by atoms with Gasteiger partial charge in [0, 0.05) is 4.91 Å². The van der Waals surface area contributed by atoms with Gasteiger partial charge in [0.15, 0.2) is 0 Å². The van der Waals surface area contributed by atoms with Crippen LogP contribution in [0.15, 0.2) is 29.4 Å². The predicted molar refractivity (Wildman–Crippen MR) is 51.0 cm³/mol. The third-order valence-electron chi connectivity index (χ3n) is 1.48. The van der Waals surface area contributed by atoms with Crippen molar-refractivity contribution >= 4 is 5.69 Å². The van der Waals surface area contributed by atoms with Crippen molar-refractivity contribution in [2.75, 3.05) is 6.61 Å². The fourth-order valence-corrected chi connectivity index (χ4v) is 0.922. The molecular weight excluding hydrogens is 166 g/mol. The van der Waals surface area contributed by atoms with Crippen LogP contribution in [0, 0.1) is 0 Å². The molecule has 0 saturated carbocycles. The third kappa shape index (κ3) is 2.69. The minimum atomic E-state index is 0.540. The first-order chi connectivity index (χ1) is 6.38. The van der Waals surface area contributed by atoms with Crippen molar-refractivity contribution < 1.29 is 4.74 Å². The van der Waals surface area contributed by atoms with Crippen LogP contribution in [0.25, 0.3) is 10.4 Å². The average molecular weight is 177 g/mol. The highest BCUT2D eigenvalue weighted by Gasteiger charge is 1.98. The third-order valence-corrected chi connectivity index (χ3v) is 1.48. The summed E-state index contributed by atoms with van der Waals surface area (Å²) < 4.78 is 5.37. The highest BCUT2D eigenvalue weighted by molar-refractivity contribution is 5.50. The van der Waals surface area contributed by atoms with E-state index in [4.69, 9.17) is 10.3 Å². The molecule has 4 nitrogen and oxygen atoms in total. The molecule has 0 heterocycles. The number of hydrogen-bond donors (Lipinski definition) is 0. The maximum Gasteiger partial charge on any atom is 0.128 e. The molecule has 0 amide bonds. The lowest BCUT2D eigenvalue weighted by Gasteiger charge is -2.05. The Hall–Kier alpha value is -1.67. The largest absolute Gasteiger partial charge is 0.493 e. The number of azide groups is 1. The van der Waals surface area contributed by atoms with Crippen LogP contribution in [-0.2, 0) is 0 Å². The molecule has 0 spiro atoms. The summed E-state index contributed by atoms with van der Waals surface area (Å²) in [5, 5.41) is 3.52. The number of ether oxygens (including phenoxy) is 1. The molecule has 1 aromatic rings. The SMILES string of the molecule is CCCOc1ccccc1N=[N+]=[N-]. The van der Waals surface area contributed by atoms with Crippen LogP contribution in [-0.4, -0.2) is 6.61 Å². The van der Waals surface area contributed by atoms with Gasteiger partial charge in [-0.1, -0.05) is 24.2 Å². The Labute approximate surface area is 76.8 Å². The summed E-state index contributed by atoms with van der Waals surface area (Å²) in [6.45, 7) is 2.66. The summed E-state index contributed by atoms with van der Waals surface area (Å²) in [6, 6.07) is 7.18. The van der Waals surface area contributed by atoms with Crippen LogP contribution < -0.4 is 4.74 Å². The Bertz CT molecular complexity index is 318. The Balaban J connectivity index is 2.84. The Morgan fingerprint density at radius 2 is 2.23 bits per heavy atom. The molecule has 1 rings (SSSR count). The van der Waals surface area contributed by atoms with Gasteiger partial charge in [0.25, 0.3) is 0 Å². The smallest absolute Gasteiger partial charge is 0.128 e. The molecule has 4 heteroatoms. The summed E-state index contributed by atoms with van der Waals surface area (Å²) in [6.07, 6.45) is 0.935. The van der Waals surface area contributed by atoms with Crippen LogP contribution in [0.3, 0.4) is 0 Å². The van der Waals surface area contributed by atoms with Crippen molar-refractivity contribution in [2.45, 2.75) is 13.3 Å². The highest BCUT2D eigenvalue weighted by Crippen LogP contribution is 2.26. The van der Waals surface area contributed by atoms with Gasteiger partial charge in [0.1, 0.15) is 5.75 Å². The van der Waals surface area contributed by atoms with Gasteiger partial charge in [0.2, 0.25) is 0 Å². The first-order valence-corrected chi connectivity index (χ1v) is 4.15. The summed E-state index contributed by atoms with van der Waals surface area (Å²) in [5.74, 6) is 0.641. The van der Waals surface area contributed by atoms with Gasteiger partial charge in [-0.25, -0.2) is 0 Å². The van der Waals surface area contributed by atoms with Gasteiger partial charge in [-0.15, -0.1) is 0 Å². The van der Waals surface area contributed by atoms with E-state index in [9.17, 15) is 0 Å². The molecule has 13 heavy (non-hydrogen) atoms. The van der Waals surface area contributed by atoms with Gasteiger partial charge >= 0.3 is 0 Å². The predicted octanol–water partition coefficient (Wildman–Crippen LogP) is 3.42. The van der Waals surface area contributed by atoms with Crippen LogP contribution in [0.2, 0.25) is 0 Å². The summed E-state index contributed by atoms with van der Waals surface area (Å²) in [5.41, 5.74) is 8.81. The monoisotopic (exact) mass is 177 g/mol. The molecule has 0 N–H and O–H groups in total. The second kappa shape index (κ2) is 5.06. The van der Waals surface area contributed by atoms with Crippen LogP contribution >= 0.6 is 0 Å². The Kier molecular flexibility index (Phi) is 3.67. The zero-order valence-corrected chi connectivity index (χ0v) is 7.47. The lowest BCUT2D eigenvalue weighted by atomic mass is 10.3.